The van der Waals surface area contributed by atoms with Crippen molar-refractivity contribution in [2.24, 2.45) is 0 Å². The number of rotatable bonds is 6. The number of H-pyrrole nitrogens is 1. The van der Waals surface area contributed by atoms with Gasteiger partial charge in [0.05, 0.1) is 17.2 Å². The third-order valence-corrected chi connectivity index (χ3v) is 5.39. The van der Waals surface area contributed by atoms with E-state index >= 15 is 0 Å². The number of nitrogens with zero attached hydrogens (tertiary/aromatic N) is 4. The molecule has 1 saturated heterocycles. The number of nitrogen functional groups attached to an aromatic ring is 1. The normalized spacial score (nSPS) is 15.8. The maximum absolute atomic E-state index is 12.3. The van der Waals surface area contributed by atoms with Gasteiger partial charge in [0.2, 0.25) is 0 Å². The number of para-hydroxylation sites is 3. The summed E-state index contributed by atoms with van der Waals surface area (Å²) in [6.45, 7) is 1.37. The lowest BCUT2D eigenvalue weighted by Gasteiger charge is -2.18. The van der Waals surface area contributed by atoms with Gasteiger partial charge in [-0.1, -0.05) is 30.3 Å². The fraction of sp³-hybridized carbons (Fsp3) is 0.217. The molecule has 5 rings (SSSR count). The van der Waals surface area contributed by atoms with Crippen molar-refractivity contribution in [2.75, 3.05) is 30.3 Å². The SMILES string of the molecule is Nc1ncc(N2CCC(NC(=O)COc3ccccc3)C2)nc1-c1nc2ccccc2[nH]1. The molecule has 1 atom stereocenters. The number of fused-ring (bicyclic) bond motifs is 1. The van der Waals surface area contributed by atoms with E-state index in [1.807, 2.05) is 54.6 Å². The average Bonchev–Trinajstić information content (AvgIpc) is 3.46. The first-order chi connectivity index (χ1) is 15.7. The van der Waals surface area contributed by atoms with Crippen LogP contribution in [0.4, 0.5) is 11.6 Å². The van der Waals surface area contributed by atoms with E-state index in [1.54, 1.807) is 6.20 Å². The van der Waals surface area contributed by atoms with Crippen molar-refractivity contribution in [1.82, 2.24) is 25.3 Å². The summed E-state index contributed by atoms with van der Waals surface area (Å²) in [7, 11) is 0. The maximum Gasteiger partial charge on any atom is 0.258 e. The summed E-state index contributed by atoms with van der Waals surface area (Å²) in [5.74, 6) is 2.13. The number of nitrogens with one attached hydrogen (secondary N) is 2. The van der Waals surface area contributed by atoms with Crippen LogP contribution in [-0.4, -0.2) is 51.6 Å². The van der Waals surface area contributed by atoms with Crippen molar-refractivity contribution >= 4 is 28.6 Å². The number of imidazole rings is 1. The fourth-order valence-corrected chi connectivity index (χ4v) is 3.80. The molecule has 0 aliphatic carbocycles. The number of ether oxygens (including phenoxy) is 1. The van der Waals surface area contributed by atoms with E-state index in [0.29, 0.717) is 35.4 Å². The van der Waals surface area contributed by atoms with Gasteiger partial charge in [0.15, 0.2) is 23.9 Å². The van der Waals surface area contributed by atoms with Crippen molar-refractivity contribution in [2.45, 2.75) is 12.5 Å². The van der Waals surface area contributed by atoms with Gasteiger partial charge >= 0.3 is 0 Å². The largest absolute Gasteiger partial charge is 0.484 e. The van der Waals surface area contributed by atoms with Crippen molar-refractivity contribution in [1.29, 1.82) is 0 Å². The molecule has 2 aromatic heterocycles. The van der Waals surface area contributed by atoms with Crippen molar-refractivity contribution in [3.63, 3.8) is 0 Å². The van der Waals surface area contributed by atoms with Crippen LogP contribution in [-0.2, 0) is 4.79 Å². The van der Waals surface area contributed by atoms with Crippen molar-refractivity contribution in [3.05, 3.63) is 60.8 Å². The van der Waals surface area contributed by atoms with Crippen LogP contribution in [0.25, 0.3) is 22.6 Å². The zero-order valence-electron chi connectivity index (χ0n) is 17.4. The Morgan fingerprint density at radius 1 is 1.16 bits per heavy atom. The molecule has 0 radical (unpaired) electrons. The van der Waals surface area contributed by atoms with E-state index in [2.05, 4.69) is 25.2 Å². The van der Waals surface area contributed by atoms with E-state index in [0.717, 1.165) is 24.0 Å². The Labute approximate surface area is 184 Å². The topological polar surface area (TPSA) is 122 Å². The minimum absolute atomic E-state index is 0.0101. The molecule has 1 amide bonds. The summed E-state index contributed by atoms with van der Waals surface area (Å²) in [5, 5.41) is 3.03. The van der Waals surface area contributed by atoms with Gasteiger partial charge in [0.25, 0.3) is 5.91 Å². The molecule has 1 aliphatic heterocycles. The number of amides is 1. The van der Waals surface area contributed by atoms with Crippen LogP contribution < -0.4 is 20.7 Å². The van der Waals surface area contributed by atoms with E-state index in [9.17, 15) is 4.79 Å². The highest BCUT2D eigenvalue weighted by Gasteiger charge is 2.26. The Balaban J connectivity index is 1.24. The Hall–Kier alpha value is -4.14. The molecule has 2 aromatic carbocycles. The minimum atomic E-state index is -0.146. The second kappa shape index (κ2) is 8.54. The zero-order chi connectivity index (χ0) is 21.9. The zero-order valence-corrected chi connectivity index (χ0v) is 17.4. The predicted molar refractivity (Wildman–Crippen MR) is 122 cm³/mol. The van der Waals surface area contributed by atoms with Gasteiger partial charge in [-0.2, -0.15) is 0 Å². The first kappa shape index (κ1) is 19.8. The van der Waals surface area contributed by atoms with E-state index < -0.39 is 0 Å². The third kappa shape index (κ3) is 4.18. The van der Waals surface area contributed by atoms with Gasteiger partial charge in [-0.25, -0.2) is 15.0 Å². The van der Waals surface area contributed by atoms with Crippen LogP contribution in [0.1, 0.15) is 6.42 Å². The fourth-order valence-electron chi connectivity index (χ4n) is 3.80. The molecule has 1 unspecified atom stereocenters. The van der Waals surface area contributed by atoms with E-state index in [-0.39, 0.29) is 18.6 Å². The summed E-state index contributed by atoms with van der Waals surface area (Å²) in [6, 6.07) is 17.1. The quantitative estimate of drug-likeness (QED) is 0.430. The monoisotopic (exact) mass is 429 g/mol. The molecule has 9 nitrogen and oxygen atoms in total. The smallest absolute Gasteiger partial charge is 0.258 e. The highest BCUT2D eigenvalue weighted by molar-refractivity contribution is 5.80. The van der Waals surface area contributed by atoms with Crippen LogP contribution in [0.2, 0.25) is 0 Å². The molecule has 4 N–H and O–H groups in total. The lowest BCUT2D eigenvalue weighted by atomic mass is 10.2. The number of nitrogens with two attached hydrogens (primary N) is 1. The number of carbonyl (C=O) groups excluding carboxylic acids is 1. The summed E-state index contributed by atoms with van der Waals surface area (Å²) in [5.41, 5.74) is 8.37. The Morgan fingerprint density at radius 2 is 1.97 bits per heavy atom. The minimum Gasteiger partial charge on any atom is -0.484 e. The lowest BCUT2D eigenvalue weighted by Crippen LogP contribution is -2.39. The average molecular weight is 429 g/mol. The number of anilines is 2. The maximum atomic E-state index is 12.3. The lowest BCUT2D eigenvalue weighted by molar-refractivity contribution is -0.123. The molecule has 1 fully saturated rings. The Bertz CT molecular complexity index is 1210. The van der Waals surface area contributed by atoms with Crippen molar-refractivity contribution < 1.29 is 9.53 Å². The molecular formula is C23H23N7O2. The number of carbonyl (C=O) groups is 1. The molecule has 1 aliphatic rings. The number of benzene rings is 2. The number of hydrogen-bond donors (Lipinski definition) is 3. The van der Waals surface area contributed by atoms with Crippen LogP contribution in [0, 0.1) is 0 Å². The molecule has 162 valence electrons. The van der Waals surface area contributed by atoms with Crippen LogP contribution in [0.15, 0.2) is 60.8 Å². The molecule has 4 aromatic rings. The van der Waals surface area contributed by atoms with Gasteiger partial charge in [-0.15, -0.1) is 0 Å². The standard InChI is InChI=1S/C23H23N7O2/c24-22-21(23-27-17-8-4-5-9-18(17)28-23)29-19(12-25-22)30-11-10-15(13-30)26-20(31)14-32-16-6-2-1-3-7-16/h1-9,12,15H,10-11,13-14H2,(H2,24,25)(H,26,31)(H,27,28). The van der Waals surface area contributed by atoms with Crippen LogP contribution in [0.3, 0.4) is 0 Å². The molecule has 0 saturated carbocycles. The molecule has 0 spiro atoms. The van der Waals surface area contributed by atoms with Crippen molar-refractivity contribution in [3.8, 4) is 17.3 Å². The highest BCUT2D eigenvalue weighted by Crippen LogP contribution is 2.26. The summed E-state index contributed by atoms with van der Waals surface area (Å²) in [6.07, 6.45) is 2.47. The molecule has 32 heavy (non-hydrogen) atoms. The molecule has 9 heteroatoms. The van der Waals surface area contributed by atoms with Crippen LogP contribution >= 0.6 is 0 Å². The third-order valence-electron chi connectivity index (χ3n) is 5.39. The number of aromatic nitrogens is 4. The number of hydrogen-bond acceptors (Lipinski definition) is 7. The predicted octanol–water partition coefficient (Wildman–Crippen LogP) is 2.38. The second-order valence-corrected chi connectivity index (χ2v) is 7.67. The van der Waals surface area contributed by atoms with E-state index in [4.69, 9.17) is 15.5 Å². The Morgan fingerprint density at radius 3 is 2.81 bits per heavy atom. The Kier molecular flexibility index (Phi) is 5.29. The molecule has 0 bridgehead atoms. The first-order valence-corrected chi connectivity index (χ1v) is 10.5. The molecule has 3 heterocycles. The van der Waals surface area contributed by atoms with E-state index in [1.165, 1.54) is 0 Å². The van der Waals surface area contributed by atoms with Crippen LogP contribution in [0.5, 0.6) is 5.75 Å². The van der Waals surface area contributed by atoms with Gasteiger partial charge in [0, 0.05) is 19.1 Å². The summed E-state index contributed by atoms with van der Waals surface area (Å²) >= 11 is 0. The van der Waals surface area contributed by atoms with Gasteiger partial charge in [-0.05, 0) is 30.7 Å². The second-order valence-electron chi connectivity index (χ2n) is 7.67. The van der Waals surface area contributed by atoms with Gasteiger partial charge in [0.1, 0.15) is 11.6 Å². The first-order valence-electron chi connectivity index (χ1n) is 10.5. The number of aromatic amines is 1. The molecular weight excluding hydrogens is 406 g/mol. The van der Waals surface area contributed by atoms with Gasteiger partial charge in [-0.3, -0.25) is 4.79 Å². The van der Waals surface area contributed by atoms with Gasteiger partial charge < -0.3 is 25.7 Å². The highest BCUT2D eigenvalue weighted by atomic mass is 16.5. The summed E-state index contributed by atoms with van der Waals surface area (Å²) in [4.78, 5) is 31.2. The summed E-state index contributed by atoms with van der Waals surface area (Å²) < 4.78 is 5.52.